The molecule has 0 saturated carbocycles. The summed E-state index contributed by atoms with van der Waals surface area (Å²) < 4.78 is 0. The SMILES string of the molecule is CC(C)(C)c1ccc(C(=O)Nc2nc3c(s2)C(=O)NCCC3)cc1. The fourth-order valence-corrected chi connectivity index (χ4v) is 3.50. The molecule has 0 fully saturated rings. The molecule has 126 valence electrons. The summed E-state index contributed by atoms with van der Waals surface area (Å²) in [5.41, 5.74) is 2.58. The number of amides is 2. The highest BCUT2D eigenvalue weighted by Crippen LogP contribution is 2.26. The van der Waals surface area contributed by atoms with Gasteiger partial charge in [-0.3, -0.25) is 14.9 Å². The van der Waals surface area contributed by atoms with E-state index in [0.717, 1.165) is 18.5 Å². The Morgan fingerprint density at radius 3 is 2.62 bits per heavy atom. The molecule has 0 radical (unpaired) electrons. The molecule has 24 heavy (non-hydrogen) atoms. The Morgan fingerprint density at radius 2 is 1.96 bits per heavy atom. The molecule has 2 N–H and O–H groups in total. The van der Waals surface area contributed by atoms with Crippen molar-refractivity contribution in [3.8, 4) is 0 Å². The minimum Gasteiger partial charge on any atom is -0.351 e. The van der Waals surface area contributed by atoms with Crippen molar-refractivity contribution < 1.29 is 9.59 Å². The summed E-state index contributed by atoms with van der Waals surface area (Å²) in [6.07, 6.45) is 1.62. The van der Waals surface area contributed by atoms with Crippen LogP contribution < -0.4 is 10.6 Å². The Bertz CT molecular complexity index is 773. The first-order chi connectivity index (χ1) is 11.3. The Labute approximate surface area is 145 Å². The zero-order chi connectivity index (χ0) is 17.3. The van der Waals surface area contributed by atoms with Gasteiger partial charge in [0, 0.05) is 12.1 Å². The molecule has 2 amide bonds. The summed E-state index contributed by atoms with van der Waals surface area (Å²) >= 11 is 1.23. The van der Waals surface area contributed by atoms with Crippen LogP contribution in [0.2, 0.25) is 0 Å². The first-order valence-electron chi connectivity index (χ1n) is 8.04. The second-order valence-corrected chi connectivity index (χ2v) is 7.93. The van der Waals surface area contributed by atoms with Gasteiger partial charge in [-0.2, -0.15) is 0 Å². The number of rotatable bonds is 2. The third-order valence-electron chi connectivity index (χ3n) is 4.01. The molecule has 1 aliphatic rings. The number of hydrogen-bond acceptors (Lipinski definition) is 4. The van der Waals surface area contributed by atoms with E-state index in [0.29, 0.717) is 22.1 Å². The van der Waals surface area contributed by atoms with E-state index in [4.69, 9.17) is 0 Å². The van der Waals surface area contributed by atoms with Gasteiger partial charge in [0.15, 0.2) is 5.13 Å². The van der Waals surface area contributed by atoms with Gasteiger partial charge in [0.05, 0.1) is 5.69 Å². The smallest absolute Gasteiger partial charge is 0.263 e. The molecule has 3 rings (SSSR count). The minimum absolute atomic E-state index is 0.0508. The van der Waals surface area contributed by atoms with Gasteiger partial charge in [0.25, 0.3) is 11.8 Å². The molecule has 0 atom stereocenters. The maximum atomic E-state index is 12.4. The van der Waals surface area contributed by atoms with Gasteiger partial charge < -0.3 is 5.32 Å². The number of nitrogens with zero attached hydrogens (tertiary/aromatic N) is 1. The maximum absolute atomic E-state index is 12.4. The number of nitrogens with one attached hydrogen (secondary N) is 2. The van der Waals surface area contributed by atoms with Gasteiger partial charge in [0.1, 0.15) is 4.88 Å². The zero-order valence-corrected chi connectivity index (χ0v) is 14.9. The number of carbonyl (C=O) groups is 2. The van der Waals surface area contributed by atoms with E-state index in [1.807, 2.05) is 24.3 Å². The number of thiazole rings is 1. The van der Waals surface area contributed by atoms with Crippen molar-refractivity contribution >= 4 is 28.3 Å². The van der Waals surface area contributed by atoms with Gasteiger partial charge >= 0.3 is 0 Å². The summed E-state index contributed by atoms with van der Waals surface area (Å²) in [6.45, 7) is 7.07. The predicted molar refractivity (Wildman–Crippen MR) is 95.9 cm³/mol. The highest BCUT2D eigenvalue weighted by atomic mass is 32.1. The fourth-order valence-electron chi connectivity index (χ4n) is 2.58. The summed E-state index contributed by atoms with van der Waals surface area (Å²) in [4.78, 5) is 29.4. The van der Waals surface area contributed by atoms with E-state index in [-0.39, 0.29) is 17.2 Å². The van der Waals surface area contributed by atoms with Crippen LogP contribution in [0.3, 0.4) is 0 Å². The predicted octanol–water partition coefficient (Wildman–Crippen LogP) is 3.37. The molecule has 0 unspecified atom stereocenters. The molecule has 1 aliphatic heterocycles. The van der Waals surface area contributed by atoms with Crippen molar-refractivity contribution in [3.63, 3.8) is 0 Å². The lowest BCUT2D eigenvalue weighted by Gasteiger charge is -2.18. The molecule has 1 aromatic carbocycles. The van der Waals surface area contributed by atoms with Crippen molar-refractivity contribution in [1.82, 2.24) is 10.3 Å². The van der Waals surface area contributed by atoms with Crippen LogP contribution in [-0.2, 0) is 11.8 Å². The molecule has 0 bridgehead atoms. The second kappa shape index (κ2) is 6.36. The monoisotopic (exact) mass is 343 g/mol. The Balaban J connectivity index is 1.76. The Hall–Kier alpha value is -2.21. The maximum Gasteiger partial charge on any atom is 0.263 e. The highest BCUT2D eigenvalue weighted by molar-refractivity contribution is 7.17. The third kappa shape index (κ3) is 3.48. The largest absolute Gasteiger partial charge is 0.351 e. The summed E-state index contributed by atoms with van der Waals surface area (Å²) in [5, 5.41) is 6.12. The summed E-state index contributed by atoms with van der Waals surface area (Å²) in [7, 11) is 0. The second-order valence-electron chi connectivity index (χ2n) is 6.94. The molecule has 0 saturated heterocycles. The van der Waals surface area contributed by atoms with Gasteiger partial charge in [0.2, 0.25) is 0 Å². The van der Waals surface area contributed by atoms with E-state index in [1.165, 1.54) is 16.9 Å². The van der Waals surface area contributed by atoms with Crippen molar-refractivity contribution in [3.05, 3.63) is 46.0 Å². The van der Waals surface area contributed by atoms with Gasteiger partial charge in [-0.15, -0.1) is 0 Å². The van der Waals surface area contributed by atoms with Gasteiger partial charge in [-0.05, 0) is 36.0 Å². The van der Waals surface area contributed by atoms with E-state index < -0.39 is 0 Å². The van der Waals surface area contributed by atoms with Gasteiger partial charge in [-0.1, -0.05) is 44.2 Å². The van der Waals surface area contributed by atoms with Crippen LogP contribution >= 0.6 is 11.3 Å². The molecule has 2 heterocycles. The highest BCUT2D eigenvalue weighted by Gasteiger charge is 2.21. The minimum atomic E-state index is -0.209. The van der Waals surface area contributed by atoms with Crippen molar-refractivity contribution in [2.75, 3.05) is 11.9 Å². The van der Waals surface area contributed by atoms with Crippen LogP contribution in [0.1, 0.15) is 58.5 Å². The van der Waals surface area contributed by atoms with Crippen molar-refractivity contribution in [1.29, 1.82) is 0 Å². The molecular weight excluding hydrogens is 322 g/mol. The number of aryl methyl sites for hydroxylation is 1. The molecule has 0 spiro atoms. The van der Waals surface area contributed by atoms with E-state index in [1.54, 1.807) is 0 Å². The topological polar surface area (TPSA) is 71.1 Å². The first kappa shape index (κ1) is 16.6. The lowest BCUT2D eigenvalue weighted by molar-refractivity contribution is 0.0958. The van der Waals surface area contributed by atoms with Crippen LogP contribution in [0.4, 0.5) is 5.13 Å². The molecule has 2 aromatic rings. The van der Waals surface area contributed by atoms with Crippen LogP contribution in [-0.4, -0.2) is 23.3 Å². The fraction of sp³-hybridized carbons (Fsp3) is 0.389. The molecule has 0 aliphatic carbocycles. The number of hydrogen-bond donors (Lipinski definition) is 2. The van der Waals surface area contributed by atoms with Crippen molar-refractivity contribution in [2.24, 2.45) is 0 Å². The standard InChI is InChI=1S/C18H21N3O2S/c1-18(2,3)12-8-6-11(7-9-12)15(22)21-17-20-13-5-4-10-19-16(23)14(13)24-17/h6-9H,4-5,10H2,1-3H3,(H,19,23)(H,20,21,22). The zero-order valence-electron chi connectivity index (χ0n) is 14.1. The lowest BCUT2D eigenvalue weighted by Crippen LogP contribution is -2.21. The number of anilines is 1. The van der Waals surface area contributed by atoms with Crippen LogP contribution in [0.25, 0.3) is 0 Å². The number of benzene rings is 1. The van der Waals surface area contributed by atoms with Crippen LogP contribution in [0.5, 0.6) is 0 Å². The van der Waals surface area contributed by atoms with Crippen LogP contribution in [0, 0.1) is 0 Å². The first-order valence-corrected chi connectivity index (χ1v) is 8.86. The lowest BCUT2D eigenvalue weighted by atomic mass is 9.87. The van der Waals surface area contributed by atoms with E-state index >= 15 is 0 Å². The van der Waals surface area contributed by atoms with Gasteiger partial charge in [-0.25, -0.2) is 4.98 Å². The quantitative estimate of drug-likeness (QED) is 0.878. The third-order valence-corrected chi connectivity index (χ3v) is 5.02. The molecule has 6 heteroatoms. The molecular formula is C18H21N3O2S. The Morgan fingerprint density at radius 1 is 1.25 bits per heavy atom. The van der Waals surface area contributed by atoms with E-state index in [9.17, 15) is 9.59 Å². The summed E-state index contributed by atoms with van der Waals surface area (Å²) in [5.74, 6) is -0.310. The number of aromatic nitrogens is 1. The molecule has 1 aromatic heterocycles. The average Bonchev–Trinajstić information content (AvgIpc) is 2.85. The average molecular weight is 343 g/mol. The van der Waals surface area contributed by atoms with Crippen molar-refractivity contribution in [2.45, 2.75) is 39.0 Å². The summed E-state index contributed by atoms with van der Waals surface area (Å²) in [6, 6.07) is 7.58. The van der Waals surface area contributed by atoms with Crippen LogP contribution in [0.15, 0.2) is 24.3 Å². The molecule has 5 nitrogen and oxygen atoms in total. The Kier molecular flexibility index (Phi) is 4.41. The number of carbonyl (C=O) groups excluding carboxylic acids is 2. The normalized spacial score (nSPS) is 14.5. The van der Waals surface area contributed by atoms with E-state index in [2.05, 4.69) is 36.4 Å². The number of fused-ring (bicyclic) bond motifs is 1.